The summed E-state index contributed by atoms with van der Waals surface area (Å²) >= 11 is 0. The highest BCUT2D eigenvalue weighted by Gasteiger charge is 2.14. The van der Waals surface area contributed by atoms with E-state index in [1.165, 1.54) is 0 Å². The first-order chi connectivity index (χ1) is 6.38. The summed E-state index contributed by atoms with van der Waals surface area (Å²) in [4.78, 5) is 0. The van der Waals surface area contributed by atoms with Crippen LogP contribution < -0.4 is 16.2 Å². The molecule has 1 aromatic carbocycles. The van der Waals surface area contributed by atoms with Crippen molar-refractivity contribution in [3.8, 4) is 5.75 Å². The van der Waals surface area contributed by atoms with Gasteiger partial charge in [0.25, 0.3) is 0 Å². The lowest BCUT2D eigenvalue weighted by atomic mass is 10.3. The van der Waals surface area contributed by atoms with Crippen molar-refractivity contribution in [2.45, 2.75) is 19.6 Å². The third-order valence-electron chi connectivity index (χ3n) is 1.70. The van der Waals surface area contributed by atoms with E-state index in [0.29, 0.717) is 17.1 Å². The summed E-state index contributed by atoms with van der Waals surface area (Å²) in [6.45, 7) is 6.74. The van der Waals surface area contributed by atoms with Crippen LogP contribution in [0.4, 0.5) is 11.4 Å². The average Bonchev–Trinajstić information content (AvgIpc) is 2.05. The van der Waals surface area contributed by atoms with Crippen molar-refractivity contribution in [1.29, 1.82) is 0 Å². The number of nitrogens with two attached hydrogens (primary N) is 2. The summed E-state index contributed by atoms with van der Waals surface area (Å²) in [5.74, 6) is 0.701. The number of anilines is 2. The van der Waals surface area contributed by atoms with Crippen molar-refractivity contribution in [2.75, 3.05) is 17.7 Å². The predicted molar refractivity (Wildman–Crippen MR) is 78.6 cm³/mol. The largest absolute Gasteiger partial charge is 0.495 e. The lowest BCUT2D eigenvalue weighted by Crippen LogP contribution is -2.30. The van der Waals surface area contributed by atoms with Crippen LogP contribution in [0, 0.1) is 0 Å². The number of nitrogen functional groups attached to an aromatic ring is 2. The standard InChI is InChI=1S/C10H18N2OSi.2ClH/c1-14(2,3)7-13-10-6-8(11)4-5-9(10)12;;/h4-6H,7,11-12H2,1-3H3;2*1H. The third kappa shape index (κ3) is 6.10. The van der Waals surface area contributed by atoms with E-state index in [0.717, 1.165) is 6.23 Å². The van der Waals surface area contributed by atoms with Crippen LogP contribution in [0.15, 0.2) is 18.2 Å². The van der Waals surface area contributed by atoms with Crippen molar-refractivity contribution in [3.63, 3.8) is 0 Å². The highest BCUT2D eigenvalue weighted by Crippen LogP contribution is 2.24. The van der Waals surface area contributed by atoms with E-state index in [4.69, 9.17) is 16.2 Å². The zero-order chi connectivity index (χ0) is 10.8. The smallest absolute Gasteiger partial charge is 0.143 e. The lowest BCUT2D eigenvalue weighted by molar-refractivity contribution is 0.380. The molecule has 0 heterocycles. The molecule has 16 heavy (non-hydrogen) atoms. The summed E-state index contributed by atoms with van der Waals surface area (Å²) in [5, 5.41) is 0. The summed E-state index contributed by atoms with van der Waals surface area (Å²) in [6, 6.07) is 5.32. The molecule has 0 saturated heterocycles. The molecule has 6 heteroatoms. The molecular formula is C10H20Cl2N2OSi. The maximum atomic E-state index is 5.75. The van der Waals surface area contributed by atoms with E-state index in [-0.39, 0.29) is 24.8 Å². The van der Waals surface area contributed by atoms with Crippen LogP contribution in [0.5, 0.6) is 5.75 Å². The Hall–Kier alpha value is -0.583. The van der Waals surface area contributed by atoms with Gasteiger partial charge in [0.15, 0.2) is 0 Å². The second-order valence-electron chi connectivity index (χ2n) is 4.65. The molecule has 0 unspecified atom stereocenters. The number of hydrogen-bond acceptors (Lipinski definition) is 3. The summed E-state index contributed by atoms with van der Waals surface area (Å²) in [7, 11) is -1.20. The Labute approximate surface area is 110 Å². The topological polar surface area (TPSA) is 61.3 Å². The number of ether oxygens (including phenoxy) is 1. The van der Waals surface area contributed by atoms with Gasteiger partial charge in [-0.3, -0.25) is 0 Å². The van der Waals surface area contributed by atoms with Gasteiger partial charge < -0.3 is 16.2 Å². The molecule has 0 amide bonds. The molecule has 0 aromatic heterocycles. The Morgan fingerprint density at radius 3 is 2.19 bits per heavy atom. The summed E-state index contributed by atoms with van der Waals surface area (Å²) in [5.41, 5.74) is 12.7. The minimum atomic E-state index is -1.20. The fourth-order valence-electron chi connectivity index (χ4n) is 0.970. The van der Waals surface area contributed by atoms with Gasteiger partial charge in [-0.1, -0.05) is 19.6 Å². The number of rotatable bonds is 3. The van der Waals surface area contributed by atoms with Crippen LogP contribution in [-0.4, -0.2) is 14.3 Å². The minimum Gasteiger partial charge on any atom is -0.495 e. The fourth-order valence-corrected chi connectivity index (χ4v) is 1.56. The normalized spacial score (nSPS) is 9.94. The van der Waals surface area contributed by atoms with Crippen LogP contribution in [0.2, 0.25) is 19.6 Å². The van der Waals surface area contributed by atoms with Gasteiger partial charge in [0, 0.05) is 11.8 Å². The molecule has 0 aliphatic rings. The second kappa shape index (κ2) is 6.88. The highest BCUT2D eigenvalue weighted by molar-refractivity contribution is 6.76. The van der Waals surface area contributed by atoms with Crippen LogP contribution >= 0.6 is 24.8 Å². The molecule has 0 bridgehead atoms. The Morgan fingerprint density at radius 1 is 1.12 bits per heavy atom. The van der Waals surface area contributed by atoms with Gasteiger partial charge in [-0.05, 0) is 12.1 Å². The molecule has 4 N–H and O–H groups in total. The van der Waals surface area contributed by atoms with E-state index >= 15 is 0 Å². The second-order valence-corrected chi connectivity index (χ2v) is 10.1. The van der Waals surface area contributed by atoms with Crippen LogP contribution in [0.3, 0.4) is 0 Å². The molecule has 1 rings (SSSR count). The molecule has 0 aliphatic carbocycles. The Kier molecular flexibility index (Phi) is 7.66. The van der Waals surface area contributed by atoms with Crippen molar-refractivity contribution < 1.29 is 4.74 Å². The summed E-state index contributed by atoms with van der Waals surface area (Å²) in [6.07, 6.45) is 0.765. The maximum absolute atomic E-state index is 5.75. The monoisotopic (exact) mass is 282 g/mol. The molecule has 0 saturated carbocycles. The van der Waals surface area contributed by atoms with Crippen molar-refractivity contribution >= 4 is 44.3 Å². The highest BCUT2D eigenvalue weighted by atomic mass is 35.5. The van der Waals surface area contributed by atoms with E-state index in [9.17, 15) is 0 Å². The van der Waals surface area contributed by atoms with E-state index in [1.807, 2.05) is 0 Å². The quantitative estimate of drug-likeness (QED) is 0.662. The van der Waals surface area contributed by atoms with Gasteiger partial charge in [0.1, 0.15) is 5.75 Å². The molecule has 0 spiro atoms. The Balaban J connectivity index is 0. The first kappa shape index (κ1) is 17.8. The molecule has 3 nitrogen and oxygen atoms in total. The average molecular weight is 283 g/mol. The van der Waals surface area contributed by atoms with Gasteiger partial charge in [-0.2, -0.15) is 0 Å². The molecular weight excluding hydrogens is 263 g/mol. The number of benzene rings is 1. The number of halogens is 2. The molecule has 94 valence electrons. The van der Waals surface area contributed by atoms with Crippen LogP contribution in [-0.2, 0) is 0 Å². The first-order valence-corrected chi connectivity index (χ1v) is 8.37. The molecule has 0 atom stereocenters. The number of hydrogen-bond donors (Lipinski definition) is 2. The van der Waals surface area contributed by atoms with Crippen LogP contribution in [0.1, 0.15) is 0 Å². The lowest BCUT2D eigenvalue weighted by Gasteiger charge is -2.17. The van der Waals surface area contributed by atoms with Gasteiger partial charge >= 0.3 is 0 Å². The van der Waals surface area contributed by atoms with Crippen molar-refractivity contribution in [3.05, 3.63) is 18.2 Å². The van der Waals surface area contributed by atoms with E-state index < -0.39 is 8.07 Å². The van der Waals surface area contributed by atoms with Crippen LogP contribution in [0.25, 0.3) is 0 Å². The predicted octanol–water partition coefficient (Wildman–Crippen LogP) is 2.95. The van der Waals surface area contributed by atoms with Gasteiger partial charge in [0.05, 0.1) is 20.0 Å². The fraction of sp³-hybridized carbons (Fsp3) is 0.400. The molecule has 0 fully saturated rings. The Morgan fingerprint density at radius 2 is 1.69 bits per heavy atom. The summed E-state index contributed by atoms with van der Waals surface area (Å²) < 4.78 is 5.64. The molecule has 1 aromatic rings. The SMILES string of the molecule is C[Si](C)(C)COc1cc(N)ccc1N.Cl.Cl. The first-order valence-electron chi connectivity index (χ1n) is 4.66. The minimum absolute atomic E-state index is 0. The van der Waals surface area contributed by atoms with E-state index in [2.05, 4.69) is 19.6 Å². The molecule has 0 radical (unpaired) electrons. The van der Waals surface area contributed by atoms with Gasteiger partial charge in [-0.15, -0.1) is 24.8 Å². The maximum Gasteiger partial charge on any atom is 0.143 e. The van der Waals surface area contributed by atoms with Gasteiger partial charge in [-0.25, -0.2) is 0 Å². The van der Waals surface area contributed by atoms with Gasteiger partial charge in [0.2, 0.25) is 0 Å². The Bertz CT molecular complexity index is 329. The van der Waals surface area contributed by atoms with Crippen molar-refractivity contribution in [2.24, 2.45) is 0 Å². The third-order valence-corrected chi connectivity index (χ3v) is 2.71. The zero-order valence-corrected chi connectivity index (χ0v) is 12.5. The zero-order valence-electron chi connectivity index (χ0n) is 9.82. The van der Waals surface area contributed by atoms with Crippen molar-refractivity contribution in [1.82, 2.24) is 0 Å². The van der Waals surface area contributed by atoms with E-state index in [1.54, 1.807) is 18.2 Å². The molecule has 0 aliphatic heterocycles.